The van der Waals surface area contributed by atoms with Crippen molar-refractivity contribution in [1.29, 1.82) is 0 Å². The number of likely N-dealkylation sites (N-methyl/N-ethyl adjacent to an activating group) is 2. The molecule has 0 saturated carbocycles. The van der Waals surface area contributed by atoms with Crippen LogP contribution in [0.3, 0.4) is 0 Å². The average molecular weight is 266 g/mol. The summed E-state index contributed by atoms with van der Waals surface area (Å²) in [6.07, 6.45) is 3.31. The summed E-state index contributed by atoms with van der Waals surface area (Å²) in [6.45, 7) is 1.68. The molecular formula is C13H18N2O4. The van der Waals surface area contributed by atoms with Crippen molar-refractivity contribution < 1.29 is 19.1 Å². The first-order valence-electron chi connectivity index (χ1n) is 6.26. The Morgan fingerprint density at radius 2 is 2.32 bits per heavy atom. The summed E-state index contributed by atoms with van der Waals surface area (Å²) < 4.78 is 5.01. The van der Waals surface area contributed by atoms with Gasteiger partial charge in [-0.05, 0) is 26.4 Å². The predicted molar refractivity (Wildman–Crippen MR) is 68.3 cm³/mol. The maximum absolute atomic E-state index is 12.1. The molecule has 0 aromatic carbocycles. The lowest BCUT2D eigenvalue weighted by Crippen LogP contribution is -2.39. The summed E-state index contributed by atoms with van der Waals surface area (Å²) >= 11 is 0. The van der Waals surface area contributed by atoms with Crippen LogP contribution in [0, 0.1) is 0 Å². The van der Waals surface area contributed by atoms with Crippen molar-refractivity contribution in [2.75, 3.05) is 27.2 Å². The Kier molecular flexibility index (Phi) is 3.90. The molecule has 1 aromatic rings. The van der Waals surface area contributed by atoms with E-state index >= 15 is 0 Å². The number of carboxylic acid groups (broad SMARTS) is 1. The first-order valence-corrected chi connectivity index (χ1v) is 6.26. The third-order valence-corrected chi connectivity index (χ3v) is 3.56. The summed E-state index contributed by atoms with van der Waals surface area (Å²) in [5.74, 6) is -1.31. The zero-order valence-corrected chi connectivity index (χ0v) is 11.1. The third kappa shape index (κ3) is 2.96. The molecule has 0 aliphatic carbocycles. The minimum Gasteiger partial charge on any atom is -0.478 e. The SMILES string of the molecule is CN(CC1CCCN1C)C(=O)c1cc(C(=O)O)co1. The fourth-order valence-corrected chi connectivity index (χ4v) is 2.36. The van der Waals surface area contributed by atoms with Gasteiger partial charge in [0.25, 0.3) is 5.91 Å². The molecule has 1 aromatic heterocycles. The molecule has 1 aliphatic heterocycles. The molecule has 6 nitrogen and oxygen atoms in total. The highest BCUT2D eigenvalue weighted by Gasteiger charge is 2.25. The van der Waals surface area contributed by atoms with E-state index in [9.17, 15) is 9.59 Å². The van der Waals surface area contributed by atoms with Gasteiger partial charge in [-0.2, -0.15) is 0 Å². The van der Waals surface area contributed by atoms with Crippen LogP contribution in [0.1, 0.15) is 33.8 Å². The summed E-state index contributed by atoms with van der Waals surface area (Å²) in [5.41, 5.74) is -0.00488. The van der Waals surface area contributed by atoms with Gasteiger partial charge in [0.05, 0.1) is 5.56 Å². The maximum Gasteiger partial charge on any atom is 0.338 e. The molecule has 19 heavy (non-hydrogen) atoms. The quantitative estimate of drug-likeness (QED) is 0.884. The second-order valence-electron chi connectivity index (χ2n) is 4.97. The largest absolute Gasteiger partial charge is 0.478 e. The van der Waals surface area contributed by atoms with E-state index in [1.54, 1.807) is 11.9 Å². The topological polar surface area (TPSA) is 74.0 Å². The zero-order valence-electron chi connectivity index (χ0n) is 11.1. The summed E-state index contributed by atoms with van der Waals surface area (Å²) in [4.78, 5) is 26.6. The van der Waals surface area contributed by atoms with Crippen molar-refractivity contribution in [3.63, 3.8) is 0 Å². The summed E-state index contributed by atoms with van der Waals surface area (Å²) in [7, 11) is 3.75. The lowest BCUT2D eigenvalue weighted by Gasteiger charge is -2.25. The molecule has 0 spiro atoms. The van der Waals surface area contributed by atoms with Crippen LogP contribution in [-0.4, -0.2) is 60.0 Å². The fourth-order valence-electron chi connectivity index (χ4n) is 2.36. The number of hydrogen-bond acceptors (Lipinski definition) is 4. The van der Waals surface area contributed by atoms with E-state index in [0.29, 0.717) is 12.6 Å². The highest BCUT2D eigenvalue weighted by Crippen LogP contribution is 2.17. The van der Waals surface area contributed by atoms with Crippen LogP contribution in [-0.2, 0) is 0 Å². The van der Waals surface area contributed by atoms with E-state index in [1.165, 1.54) is 6.07 Å². The molecule has 1 unspecified atom stereocenters. The van der Waals surface area contributed by atoms with Crippen LogP contribution >= 0.6 is 0 Å². The van der Waals surface area contributed by atoms with Gasteiger partial charge in [-0.25, -0.2) is 4.79 Å². The van der Waals surface area contributed by atoms with E-state index < -0.39 is 5.97 Å². The van der Waals surface area contributed by atoms with Crippen molar-refractivity contribution in [2.45, 2.75) is 18.9 Å². The molecule has 1 atom stereocenters. The normalized spacial score (nSPS) is 19.6. The maximum atomic E-state index is 12.1. The number of hydrogen-bond donors (Lipinski definition) is 1. The third-order valence-electron chi connectivity index (χ3n) is 3.56. The van der Waals surface area contributed by atoms with Gasteiger partial charge in [-0.1, -0.05) is 0 Å². The number of furan rings is 1. The first kappa shape index (κ1) is 13.6. The highest BCUT2D eigenvalue weighted by molar-refractivity contribution is 5.95. The van der Waals surface area contributed by atoms with Gasteiger partial charge in [0.1, 0.15) is 6.26 Å². The molecule has 0 radical (unpaired) electrons. The fraction of sp³-hybridized carbons (Fsp3) is 0.538. The smallest absolute Gasteiger partial charge is 0.338 e. The molecule has 104 valence electrons. The van der Waals surface area contributed by atoms with Crippen LogP contribution in [0.15, 0.2) is 16.7 Å². The molecule has 0 bridgehead atoms. The second-order valence-corrected chi connectivity index (χ2v) is 4.97. The minimum atomic E-state index is -1.10. The molecular weight excluding hydrogens is 248 g/mol. The van der Waals surface area contributed by atoms with Gasteiger partial charge in [-0.15, -0.1) is 0 Å². The number of aromatic carboxylic acids is 1. The lowest BCUT2D eigenvalue weighted by atomic mass is 10.2. The number of carboxylic acids is 1. The van der Waals surface area contributed by atoms with Crippen molar-refractivity contribution >= 4 is 11.9 Å². The Labute approximate surface area is 111 Å². The molecule has 1 amide bonds. The van der Waals surface area contributed by atoms with Crippen LogP contribution < -0.4 is 0 Å². The van der Waals surface area contributed by atoms with Crippen LogP contribution in [0.5, 0.6) is 0 Å². The zero-order chi connectivity index (χ0) is 14.0. The predicted octanol–water partition coefficient (Wildman–Crippen LogP) is 1.14. The molecule has 1 saturated heterocycles. The second kappa shape index (κ2) is 5.44. The van der Waals surface area contributed by atoms with Gasteiger partial charge in [-0.3, -0.25) is 4.79 Å². The van der Waals surface area contributed by atoms with Gasteiger partial charge >= 0.3 is 5.97 Å². The van der Waals surface area contributed by atoms with Gasteiger partial charge in [0.2, 0.25) is 0 Å². The molecule has 1 aliphatic rings. The Hall–Kier alpha value is -1.82. The molecule has 2 rings (SSSR count). The van der Waals surface area contributed by atoms with Crippen LogP contribution in [0.4, 0.5) is 0 Å². The van der Waals surface area contributed by atoms with Crippen molar-refractivity contribution in [2.24, 2.45) is 0 Å². The van der Waals surface area contributed by atoms with E-state index in [1.807, 2.05) is 7.05 Å². The Morgan fingerprint density at radius 3 is 2.84 bits per heavy atom. The molecule has 2 heterocycles. The lowest BCUT2D eigenvalue weighted by molar-refractivity contribution is 0.0694. The van der Waals surface area contributed by atoms with Gasteiger partial charge < -0.3 is 19.3 Å². The Balaban J connectivity index is 1.99. The number of carbonyl (C=O) groups is 2. The van der Waals surface area contributed by atoms with Crippen LogP contribution in [0.2, 0.25) is 0 Å². The van der Waals surface area contributed by atoms with E-state index in [4.69, 9.17) is 9.52 Å². The number of carbonyl (C=O) groups excluding carboxylic acids is 1. The summed E-state index contributed by atoms with van der Waals surface area (Å²) in [5, 5.41) is 8.79. The first-order chi connectivity index (χ1) is 8.99. The van der Waals surface area contributed by atoms with Crippen molar-refractivity contribution in [3.05, 3.63) is 23.7 Å². The molecule has 1 N–H and O–H groups in total. The van der Waals surface area contributed by atoms with Crippen molar-refractivity contribution in [3.8, 4) is 0 Å². The van der Waals surface area contributed by atoms with E-state index in [-0.39, 0.29) is 17.2 Å². The minimum absolute atomic E-state index is 0.00488. The number of nitrogens with zero attached hydrogens (tertiary/aromatic N) is 2. The summed E-state index contributed by atoms with van der Waals surface area (Å²) in [6, 6.07) is 1.63. The van der Waals surface area contributed by atoms with Gasteiger partial charge in [0.15, 0.2) is 5.76 Å². The highest BCUT2D eigenvalue weighted by atomic mass is 16.4. The monoisotopic (exact) mass is 266 g/mol. The molecule has 6 heteroatoms. The van der Waals surface area contributed by atoms with E-state index in [2.05, 4.69) is 4.90 Å². The van der Waals surface area contributed by atoms with Crippen LogP contribution in [0.25, 0.3) is 0 Å². The van der Waals surface area contributed by atoms with Gasteiger partial charge in [0, 0.05) is 25.7 Å². The van der Waals surface area contributed by atoms with E-state index in [0.717, 1.165) is 25.6 Å². The Morgan fingerprint density at radius 1 is 1.58 bits per heavy atom. The number of amides is 1. The number of rotatable bonds is 4. The van der Waals surface area contributed by atoms with Crippen molar-refractivity contribution in [1.82, 2.24) is 9.80 Å². The Bertz CT molecular complexity index is 483. The number of likely N-dealkylation sites (tertiary alicyclic amines) is 1. The standard InChI is InChI=1S/C13H18N2O4/c1-14-5-3-4-10(14)7-15(2)12(16)11-6-9(8-19-11)13(17)18/h6,8,10H,3-5,7H2,1-2H3,(H,17,18). The average Bonchev–Trinajstić information content (AvgIpc) is 2.98. The molecule has 1 fully saturated rings.